The minimum absolute atomic E-state index is 0.135. The summed E-state index contributed by atoms with van der Waals surface area (Å²) in [6.45, 7) is 9.59. The maximum atomic E-state index is 13.2. The van der Waals surface area contributed by atoms with E-state index in [1.54, 1.807) is 30.6 Å². The Morgan fingerprint density at radius 3 is 2.37 bits per heavy atom. The Kier molecular flexibility index (Phi) is 20.2. The quantitative estimate of drug-likeness (QED) is 0.0118. The lowest BCUT2D eigenvalue weighted by Gasteiger charge is -2.29. The fraction of sp³-hybridized carbons (Fsp3) is 0.549. The van der Waals surface area contributed by atoms with E-state index in [-0.39, 0.29) is 11.9 Å². The molecule has 11 nitrogen and oxygen atoms in total. The van der Waals surface area contributed by atoms with Gasteiger partial charge in [0.1, 0.15) is 17.2 Å². The predicted molar refractivity (Wildman–Crippen MR) is 252 cm³/mol. The molecule has 12 heteroatoms. The molecular weight excluding hydrogens is 815 g/mol. The third kappa shape index (κ3) is 15.7. The number of hydrazone groups is 1. The SMILES string of the molecule is C=CC(O)OCCCCCCOc1ccc(OC(=O)C2CCC(COc3ccc(C4CCC(CCC)CC4)cc3/C=N/N(CCOCCOC)c3nc4ccccc4s3)CC2)cc1. The number of thiazole rings is 1. The van der Waals surface area contributed by atoms with Crippen molar-refractivity contribution < 1.29 is 38.3 Å². The molecule has 1 atom stereocenters. The van der Waals surface area contributed by atoms with Crippen molar-refractivity contribution in [2.45, 2.75) is 109 Å². The minimum Gasteiger partial charge on any atom is -0.494 e. The van der Waals surface area contributed by atoms with E-state index in [1.807, 2.05) is 41.6 Å². The van der Waals surface area contributed by atoms with Crippen LogP contribution in [0.1, 0.15) is 114 Å². The lowest BCUT2D eigenvalue weighted by Crippen LogP contribution is -2.27. The van der Waals surface area contributed by atoms with Crippen molar-refractivity contribution in [3.63, 3.8) is 0 Å². The van der Waals surface area contributed by atoms with Crippen LogP contribution in [-0.4, -0.2) is 81.9 Å². The normalized spacial score (nSPS) is 19.5. The van der Waals surface area contributed by atoms with Gasteiger partial charge in [-0.15, -0.1) is 0 Å². The van der Waals surface area contributed by atoms with E-state index >= 15 is 0 Å². The molecule has 1 aromatic heterocycles. The number of methoxy groups -OCH3 is 1. The van der Waals surface area contributed by atoms with Gasteiger partial charge in [0, 0.05) is 12.7 Å². The molecule has 1 unspecified atom stereocenters. The van der Waals surface area contributed by atoms with Crippen molar-refractivity contribution >= 4 is 38.9 Å². The number of rotatable bonds is 27. The lowest BCUT2D eigenvalue weighted by molar-refractivity contribution is -0.140. The standard InChI is InChI=1S/C51H69N3O8S/c1-4-12-38-15-19-40(20-16-38)42-23-28-47(43(35-42)36-52-54(29-32-58-34-33-57-3)51-53-46-13-8-9-14-48(46)63-51)61-37-39-17-21-41(22-18-39)50(56)62-45-26-24-44(25-27-45)59-30-10-6-7-11-31-60-49(55)5-2/h5,8-9,13-14,23-28,35-36,38-41,49,55H,2,4,6-7,10-12,15-22,29-34,37H2,1,3H3/b52-36+. The molecule has 2 aliphatic carbocycles. The smallest absolute Gasteiger partial charge is 0.314 e. The maximum absolute atomic E-state index is 13.2. The van der Waals surface area contributed by atoms with Crippen molar-refractivity contribution in [1.82, 2.24) is 4.98 Å². The van der Waals surface area contributed by atoms with Crippen LogP contribution in [-0.2, 0) is 19.0 Å². The van der Waals surface area contributed by atoms with E-state index in [9.17, 15) is 9.90 Å². The Morgan fingerprint density at radius 1 is 0.873 bits per heavy atom. The summed E-state index contributed by atoms with van der Waals surface area (Å²) < 4.78 is 35.7. The first kappa shape index (κ1) is 48.1. The van der Waals surface area contributed by atoms with Crippen molar-refractivity contribution in [2.24, 2.45) is 22.9 Å². The van der Waals surface area contributed by atoms with Gasteiger partial charge < -0.3 is 33.5 Å². The monoisotopic (exact) mass is 883 g/mol. The second kappa shape index (κ2) is 26.5. The largest absolute Gasteiger partial charge is 0.494 e. The zero-order chi connectivity index (χ0) is 44.1. The first-order valence-corrected chi connectivity index (χ1v) is 24.1. The molecule has 0 aliphatic heterocycles. The van der Waals surface area contributed by atoms with Crippen LogP contribution >= 0.6 is 11.3 Å². The Balaban J connectivity index is 1.02. The third-order valence-corrected chi connectivity index (χ3v) is 13.3. The van der Waals surface area contributed by atoms with Gasteiger partial charge in [0.2, 0.25) is 5.13 Å². The Labute approximate surface area is 378 Å². The van der Waals surface area contributed by atoms with Gasteiger partial charge in [0.25, 0.3) is 0 Å². The highest BCUT2D eigenvalue weighted by Crippen LogP contribution is 2.39. The zero-order valence-corrected chi connectivity index (χ0v) is 38.3. The summed E-state index contributed by atoms with van der Waals surface area (Å²) in [7, 11) is 1.68. The van der Waals surface area contributed by atoms with E-state index in [0.717, 1.165) is 89.7 Å². The van der Waals surface area contributed by atoms with Crippen LogP contribution < -0.4 is 19.2 Å². The van der Waals surface area contributed by atoms with Gasteiger partial charge in [0.05, 0.1) is 68.5 Å². The highest BCUT2D eigenvalue weighted by atomic mass is 32.1. The molecular formula is C51H69N3O8S. The van der Waals surface area contributed by atoms with Crippen LogP contribution in [0.5, 0.6) is 17.2 Å². The van der Waals surface area contributed by atoms with Crippen LogP contribution in [0.3, 0.4) is 0 Å². The molecule has 0 bridgehead atoms. The molecule has 6 rings (SSSR count). The van der Waals surface area contributed by atoms with Crippen LogP contribution in [0.15, 0.2) is 84.5 Å². The molecule has 2 aliphatic rings. The summed E-state index contributed by atoms with van der Waals surface area (Å²) in [5.74, 6) is 3.51. The Hall–Kier alpha value is -4.33. The summed E-state index contributed by atoms with van der Waals surface area (Å²) in [6.07, 6.45) is 17.2. The molecule has 2 saturated carbocycles. The van der Waals surface area contributed by atoms with Gasteiger partial charge in [-0.2, -0.15) is 5.10 Å². The number of benzene rings is 3. The molecule has 3 aromatic carbocycles. The molecule has 342 valence electrons. The van der Waals surface area contributed by atoms with Crippen LogP contribution in [0.2, 0.25) is 0 Å². The van der Waals surface area contributed by atoms with Gasteiger partial charge in [-0.25, -0.2) is 9.99 Å². The molecule has 0 spiro atoms. The topological polar surface area (TPSA) is 121 Å². The van der Waals surface area contributed by atoms with Gasteiger partial charge in [-0.05, 0) is 149 Å². The molecule has 63 heavy (non-hydrogen) atoms. The highest BCUT2D eigenvalue weighted by Gasteiger charge is 2.29. The first-order valence-electron chi connectivity index (χ1n) is 23.3. The number of hydrogen-bond acceptors (Lipinski definition) is 12. The van der Waals surface area contributed by atoms with E-state index < -0.39 is 6.29 Å². The predicted octanol–water partition coefficient (Wildman–Crippen LogP) is 11.1. The number of para-hydroxylation sites is 1. The number of aliphatic hydroxyl groups excluding tert-OH is 1. The van der Waals surface area contributed by atoms with Gasteiger partial charge >= 0.3 is 5.97 Å². The fourth-order valence-corrected chi connectivity index (χ4v) is 9.49. The average Bonchev–Trinajstić information content (AvgIpc) is 3.75. The number of fused-ring (bicyclic) bond motifs is 1. The average molecular weight is 884 g/mol. The van der Waals surface area contributed by atoms with E-state index in [1.165, 1.54) is 50.2 Å². The van der Waals surface area contributed by atoms with Crippen molar-refractivity contribution in [2.75, 3.05) is 58.3 Å². The number of esters is 1. The lowest BCUT2D eigenvalue weighted by atomic mass is 9.77. The third-order valence-electron chi connectivity index (χ3n) is 12.3. The molecule has 2 fully saturated rings. The minimum atomic E-state index is -0.893. The Morgan fingerprint density at radius 2 is 1.62 bits per heavy atom. The number of carbonyl (C=O) groups is 1. The molecule has 0 radical (unpaired) electrons. The highest BCUT2D eigenvalue weighted by molar-refractivity contribution is 7.22. The first-order chi connectivity index (χ1) is 30.9. The molecule has 1 N–H and O–H groups in total. The molecule has 1 heterocycles. The number of hydrogen-bond donors (Lipinski definition) is 1. The summed E-state index contributed by atoms with van der Waals surface area (Å²) in [5, 5.41) is 17.2. The van der Waals surface area contributed by atoms with Gasteiger partial charge in [-0.3, -0.25) is 4.79 Å². The zero-order valence-electron chi connectivity index (χ0n) is 37.5. The van der Waals surface area contributed by atoms with Crippen LogP contribution in [0.4, 0.5) is 5.13 Å². The van der Waals surface area contributed by atoms with E-state index in [4.69, 9.17) is 38.5 Å². The number of aromatic nitrogens is 1. The Bertz CT molecular complexity index is 1940. The molecule has 4 aromatic rings. The maximum Gasteiger partial charge on any atom is 0.314 e. The molecule has 0 amide bonds. The van der Waals surface area contributed by atoms with E-state index in [2.05, 4.69) is 37.8 Å². The number of aliphatic hydroxyl groups is 1. The van der Waals surface area contributed by atoms with Crippen molar-refractivity contribution in [3.8, 4) is 17.2 Å². The summed E-state index contributed by atoms with van der Waals surface area (Å²) in [5.41, 5.74) is 3.27. The van der Waals surface area contributed by atoms with Crippen LogP contribution in [0.25, 0.3) is 10.2 Å². The second-order valence-electron chi connectivity index (χ2n) is 16.9. The summed E-state index contributed by atoms with van der Waals surface area (Å²) >= 11 is 1.62. The summed E-state index contributed by atoms with van der Waals surface area (Å²) in [4.78, 5) is 18.1. The molecule has 0 saturated heterocycles. The van der Waals surface area contributed by atoms with Gasteiger partial charge in [-0.1, -0.05) is 62.3 Å². The number of unbranched alkanes of at least 4 members (excludes halogenated alkanes) is 3. The van der Waals surface area contributed by atoms with Crippen molar-refractivity contribution in [3.05, 3.63) is 90.5 Å². The van der Waals surface area contributed by atoms with Crippen molar-refractivity contribution in [1.29, 1.82) is 0 Å². The van der Waals surface area contributed by atoms with E-state index in [0.29, 0.717) is 63.8 Å². The number of nitrogens with zero attached hydrogens (tertiary/aromatic N) is 3. The van der Waals surface area contributed by atoms with Gasteiger partial charge in [0.15, 0.2) is 6.29 Å². The number of anilines is 1. The number of ether oxygens (including phenoxy) is 6. The second-order valence-corrected chi connectivity index (χ2v) is 17.9. The van der Waals surface area contributed by atoms with Crippen LogP contribution in [0, 0.1) is 17.8 Å². The summed E-state index contributed by atoms with van der Waals surface area (Å²) in [6, 6.07) is 22.2. The number of carbonyl (C=O) groups excluding carboxylic acids is 1. The fourth-order valence-electron chi connectivity index (χ4n) is 8.54.